The van der Waals surface area contributed by atoms with E-state index in [1.54, 1.807) is 0 Å². The zero-order valence-electron chi connectivity index (χ0n) is 11.0. The van der Waals surface area contributed by atoms with E-state index < -0.39 is 0 Å². The summed E-state index contributed by atoms with van der Waals surface area (Å²) in [6, 6.07) is 8.37. The van der Waals surface area contributed by atoms with Crippen LogP contribution in [0, 0.1) is 5.41 Å². The first-order chi connectivity index (χ1) is 8.57. The van der Waals surface area contributed by atoms with E-state index in [2.05, 4.69) is 42.5 Å². The van der Waals surface area contributed by atoms with Crippen LogP contribution >= 0.6 is 0 Å². The van der Waals surface area contributed by atoms with Gasteiger partial charge < -0.3 is 4.57 Å². The molecule has 1 atom stereocenters. The van der Waals surface area contributed by atoms with Gasteiger partial charge in [-0.1, -0.05) is 39.0 Å². The minimum atomic E-state index is 0.0572. The molecule has 0 bridgehead atoms. The van der Waals surface area contributed by atoms with Crippen molar-refractivity contribution in [3.63, 3.8) is 0 Å². The first-order valence-corrected chi connectivity index (χ1v) is 6.23. The average Bonchev–Trinajstić information content (AvgIpc) is 2.71. The Bertz CT molecular complexity index is 602. The average molecular weight is 239 g/mol. The fraction of sp³-hybridized carbons (Fsp3) is 0.333. The predicted molar refractivity (Wildman–Crippen MR) is 73.4 cm³/mol. The van der Waals surface area contributed by atoms with E-state index in [1.165, 1.54) is 0 Å². The molecule has 92 valence electrons. The van der Waals surface area contributed by atoms with Crippen molar-refractivity contribution in [3.8, 4) is 5.69 Å². The summed E-state index contributed by atoms with van der Waals surface area (Å²) >= 11 is 0. The van der Waals surface area contributed by atoms with Gasteiger partial charge >= 0.3 is 0 Å². The lowest BCUT2D eigenvalue weighted by molar-refractivity contribution is 0.317. The van der Waals surface area contributed by atoms with Gasteiger partial charge in [0.1, 0.15) is 11.9 Å². The van der Waals surface area contributed by atoms with Crippen molar-refractivity contribution >= 4 is 6.21 Å². The van der Waals surface area contributed by atoms with Crippen LogP contribution in [0.5, 0.6) is 0 Å². The lowest BCUT2D eigenvalue weighted by atomic mass is 9.86. The van der Waals surface area contributed by atoms with E-state index in [1.807, 2.05) is 30.7 Å². The number of aromatic nitrogens is 2. The third kappa shape index (κ3) is 1.67. The highest BCUT2D eigenvalue weighted by atomic mass is 15.1. The maximum absolute atomic E-state index is 4.74. The highest BCUT2D eigenvalue weighted by Gasteiger charge is 2.30. The Balaban J connectivity index is 2.25. The Morgan fingerprint density at radius 3 is 2.72 bits per heavy atom. The molecule has 1 aliphatic heterocycles. The standard InChI is InChI=1S/C15H17N3/c1-15(2,3)13-14-16-8-9-18(14)12-7-5-4-6-11(12)10-17-13/h4-10,13H,1-3H3. The number of para-hydroxylation sites is 1. The van der Waals surface area contributed by atoms with Gasteiger partial charge in [0.25, 0.3) is 0 Å². The van der Waals surface area contributed by atoms with Gasteiger partial charge in [-0.05, 0) is 11.5 Å². The van der Waals surface area contributed by atoms with Gasteiger partial charge in [-0.25, -0.2) is 4.98 Å². The third-order valence-corrected chi connectivity index (χ3v) is 3.29. The molecule has 0 saturated heterocycles. The summed E-state index contributed by atoms with van der Waals surface area (Å²) in [5.41, 5.74) is 2.35. The molecule has 1 aromatic carbocycles. The monoisotopic (exact) mass is 239 g/mol. The second-order valence-corrected chi connectivity index (χ2v) is 5.76. The first kappa shape index (κ1) is 11.2. The van der Waals surface area contributed by atoms with Gasteiger partial charge in [-0.15, -0.1) is 0 Å². The lowest BCUT2D eigenvalue weighted by Crippen LogP contribution is -2.19. The molecule has 3 rings (SSSR count). The van der Waals surface area contributed by atoms with Crippen molar-refractivity contribution < 1.29 is 0 Å². The van der Waals surface area contributed by atoms with E-state index in [0.717, 1.165) is 17.1 Å². The van der Waals surface area contributed by atoms with E-state index >= 15 is 0 Å². The van der Waals surface area contributed by atoms with Gasteiger partial charge in [0, 0.05) is 24.2 Å². The van der Waals surface area contributed by atoms with E-state index in [0.29, 0.717) is 0 Å². The van der Waals surface area contributed by atoms with Crippen LogP contribution in [0.1, 0.15) is 38.2 Å². The summed E-state index contributed by atoms with van der Waals surface area (Å²) in [6.45, 7) is 6.60. The Labute approximate surface area is 107 Å². The molecule has 1 aromatic heterocycles. The van der Waals surface area contributed by atoms with Crippen LogP contribution in [0.3, 0.4) is 0 Å². The van der Waals surface area contributed by atoms with E-state index in [4.69, 9.17) is 4.99 Å². The van der Waals surface area contributed by atoms with Crippen LogP contribution in [0.25, 0.3) is 5.69 Å². The highest BCUT2D eigenvalue weighted by Crippen LogP contribution is 2.37. The molecule has 18 heavy (non-hydrogen) atoms. The van der Waals surface area contributed by atoms with Crippen LogP contribution in [-0.2, 0) is 0 Å². The molecule has 0 saturated carbocycles. The summed E-state index contributed by atoms with van der Waals surface area (Å²) in [6.07, 6.45) is 5.84. The summed E-state index contributed by atoms with van der Waals surface area (Å²) < 4.78 is 2.15. The van der Waals surface area contributed by atoms with Crippen LogP contribution in [0.4, 0.5) is 0 Å². The molecule has 0 radical (unpaired) electrons. The minimum absolute atomic E-state index is 0.0572. The number of nitrogens with zero attached hydrogens (tertiary/aromatic N) is 3. The Morgan fingerprint density at radius 1 is 1.17 bits per heavy atom. The fourth-order valence-electron chi connectivity index (χ4n) is 2.37. The largest absolute Gasteiger partial charge is 0.301 e. The van der Waals surface area contributed by atoms with Crippen molar-refractivity contribution in [2.24, 2.45) is 10.4 Å². The molecule has 3 heteroatoms. The van der Waals surface area contributed by atoms with E-state index in [9.17, 15) is 0 Å². The van der Waals surface area contributed by atoms with Gasteiger partial charge in [0.15, 0.2) is 0 Å². The SMILES string of the molecule is CC(C)(C)C1N=Cc2ccccc2-n2ccnc21. The Morgan fingerprint density at radius 2 is 1.94 bits per heavy atom. The third-order valence-electron chi connectivity index (χ3n) is 3.29. The normalized spacial score (nSPS) is 18.1. The van der Waals surface area contributed by atoms with Crippen LogP contribution in [0.2, 0.25) is 0 Å². The predicted octanol–water partition coefficient (Wildman–Crippen LogP) is 3.39. The van der Waals surface area contributed by atoms with Crippen LogP contribution < -0.4 is 0 Å². The molecule has 0 amide bonds. The number of fused-ring (bicyclic) bond motifs is 3. The van der Waals surface area contributed by atoms with Gasteiger partial charge in [-0.3, -0.25) is 4.99 Å². The van der Waals surface area contributed by atoms with Crippen molar-refractivity contribution in [3.05, 3.63) is 48.0 Å². The Hall–Kier alpha value is -1.90. The summed E-state index contributed by atoms with van der Waals surface area (Å²) in [5.74, 6) is 1.02. The number of benzene rings is 1. The lowest BCUT2D eigenvalue weighted by Gasteiger charge is -2.26. The first-order valence-electron chi connectivity index (χ1n) is 6.23. The molecular weight excluding hydrogens is 222 g/mol. The number of imidazole rings is 1. The molecule has 2 aromatic rings. The summed E-state index contributed by atoms with van der Waals surface area (Å²) in [7, 11) is 0. The molecule has 3 nitrogen and oxygen atoms in total. The number of hydrogen-bond donors (Lipinski definition) is 0. The zero-order valence-corrected chi connectivity index (χ0v) is 11.0. The molecule has 1 aliphatic rings. The van der Waals surface area contributed by atoms with E-state index in [-0.39, 0.29) is 11.5 Å². The van der Waals surface area contributed by atoms with Gasteiger partial charge in [0.05, 0.1) is 5.69 Å². The molecule has 1 unspecified atom stereocenters. The maximum atomic E-state index is 4.74. The summed E-state index contributed by atoms with van der Waals surface area (Å²) in [5, 5.41) is 0. The van der Waals surface area contributed by atoms with Gasteiger partial charge in [0.2, 0.25) is 0 Å². The number of aliphatic imine (C=N–C) groups is 1. The van der Waals surface area contributed by atoms with Crippen LogP contribution in [0.15, 0.2) is 41.7 Å². The van der Waals surface area contributed by atoms with Crippen molar-refractivity contribution in [2.75, 3.05) is 0 Å². The zero-order chi connectivity index (χ0) is 12.8. The molecule has 2 heterocycles. The second-order valence-electron chi connectivity index (χ2n) is 5.76. The van der Waals surface area contributed by atoms with Crippen molar-refractivity contribution in [1.29, 1.82) is 0 Å². The molecule has 0 aliphatic carbocycles. The number of rotatable bonds is 0. The van der Waals surface area contributed by atoms with Crippen molar-refractivity contribution in [2.45, 2.75) is 26.8 Å². The smallest absolute Gasteiger partial charge is 0.138 e. The molecular formula is C15H17N3. The second kappa shape index (κ2) is 3.80. The topological polar surface area (TPSA) is 30.2 Å². The van der Waals surface area contributed by atoms with Crippen molar-refractivity contribution in [1.82, 2.24) is 9.55 Å². The molecule has 0 N–H and O–H groups in total. The van der Waals surface area contributed by atoms with Gasteiger partial charge in [-0.2, -0.15) is 0 Å². The fourth-order valence-corrected chi connectivity index (χ4v) is 2.37. The minimum Gasteiger partial charge on any atom is -0.301 e. The summed E-state index contributed by atoms with van der Waals surface area (Å²) in [4.78, 5) is 9.25. The molecule has 0 fully saturated rings. The number of hydrogen-bond acceptors (Lipinski definition) is 2. The Kier molecular flexibility index (Phi) is 2.37. The quantitative estimate of drug-likeness (QED) is 0.693. The highest BCUT2D eigenvalue weighted by molar-refractivity contribution is 5.85. The van der Waals surface area contributed by atoms with Crippen LogP contribution in [-0.4, -0.2) is 15.8 Å². The molecule has 0 spiro atoms. The maximum Gasteiger partial charge on any atom is 0.138 e.